The quantitative estimate of drug-likeness (QED) is 0.785. The Bertz CT molecular complexity index is 623. The van der Waals surface area contributed by atoms with E-state index in [1.807, 2.05) is 12.4 Å². The highest BCUT2D eigenvalue weighted by molar-refractivity contribution is 5.91. The summed E-state index contributed by atoms with van der Waals surface area (Å²) in [5, 5.41) is 0. The van der Waals surface area contributed by atoms with Gasteiger partial charge in [0, 0.05) is 45.1 Å². The smallest absolute Gasteiger partial charge is 0.272 e. The summed E-state index contributed by atoms with van der Waals surface area (Å²) in [6.07, 6.45) is 8.31. The lowest BCUT2D eigenvalue weighted by Gasteiger charge is -2.16. The fourth-order valence-electron chi connectivity index (χ4n) is 2.36. The summed E-state index contributed by atoms with van der Waals surface area (Å²) in [6.45, 7) is 5.61. The Morgan fingerprint density at radius 3 is 2.86 bits per heavy atom. The molecule has 0 aromatic carbocycles. The Kier molecular flexibility index (Phi) is 5.63. The minimum absolute atomic E-state index is 0.0672. The molecule has 2 rings (SSSR count). The molecule has 0 N–H and O–H groups in total. The highest BCUT2D eigenvalue weighted by atomic mass is 16.2. The first-order chi connectivity index (χ1) is 10.6. The predicted molar refractivity (Wildman–Crippen MR) is 84.6 cm³/mol. The van der Waals surface area contributed by atoms with Crippen molar-refractivity contribution in [2.75, 3.05) is 13.6 Å². The first kappa shape index (κ1) is 16.1. The van der Waals surface area contributed by atoms with Gasteiger partial charge in [-0.25, -0.2) is 15.0 Å². The van der Waals surface area contributed by atoms with Gasteiger partial charge < -0.3 is 9.47 Å². The zero-order valence-electron chi connectivity index (χ0n) is 13.5. The van der Waals surface area contributed by atoms with Crippen LogP contribution in [-0.4, -0.2) is 43.9 Å². The lowest BCUT2D eigenvalue weighted by molar-refractivity contribution is 0.0787. The maximum absolute atomic E-state index is 12.3. The third-order valence-electron chi connectivity index (χ3n) is 3.50. The van der Waals surface area contributed by atoms with Crippen LogP contribution in [0.2, 0.25) is 0 Å². The largest absolute Gasteiger partial charge is 0.340 e. The third-order valence-corrected chi connectivity index (χ3v) is 3.50. The standard InChI is InChI=1S/C16H23N5O/c1-4-10-21-12-9-18-15(21)6-5-11-20(3)16(22)14-7-8-17-13(2)19-14/h7-9,12H,4-6,10-11H2,1-3H3. The van der Waals surface area contributed by atoms with E-state index in [1.54, 1.807) is 31.1 Å². The summed E-state index contributed by atoms with van der Waals surface area (Å²) >= 11 is 0. The number of aryl methyl sites for hydroxylation is 3. The van der Waals surface area contributed by atoms with Crippen LogP contribution in [0, 0.1) is 6.92 Å². The van der Waals surface area contributed by atoms with Crippen LogP contribution in [0.1, 0.15) is 41.9 Å². The molecule has 6 nitrogen and oxygen atoms in total. The minimum atomic E-state index is -0.0672. The first-order valence-electron chi connectivity index (χ1n) is 7.67. The highest BCUT2D eigenvalue weighted by Gasteiger charge is 2.13. The second-order valence-corrected chi connectivity index (χ2v) is 5.36. The zero-order chi connectivity index (χ0) is 15.9. The van der Waals surface area contributed by atoms with Gasteiger partial charge in [-0.15, -0.1) is 0 Å². The fourth-order valence-corrected chi connectivity index (χ4v) is 2.36. The number of amides is 1. The maximum Gasteiger partial charge on any atom is 0.272 e. The molecule has 0 fully saturated rings. The van der Waals surface area contributed by atoms with Gasteiger partial charge in [0.15, 0.2) is 0 Å². The number of carbonyl (C=O) groups is 1. The van der Waals surface area contributed by atoms with Crippen molar-refractivity contribution in [3.8, 4) is 0 Å². The summed E-state index contributed by atoms with van der Waals surface area (Å²) in [5.74, 6) is 1.63. The van der Waals surface area contributed by atoms with Crippen LogP contribution in [0.15, 0.2) is 24.7 Å². The molecule has 1 amide bonds. The maximum atomic E-state index is 12.3. The van der Waals surface area contributed by atoms with Crippen LogP contribution in [0.25, 0.3) is 0 Å². The Balaban J connectivity index is 1.86. The molecule has 0 aliphatic heterocycles. The lowest BCUT2D eigenvalue weighted by Crippen LogP contribution is -2.29. The molecule has 0 radical (unpaired) electrons. The SMILES string of the molecule is CCCn1ccnc1CCCN(C)C(=O)c1ccnc(C)n1. The molecule has 0 aliphatic carbocycles. The van der Waals surface area contributed by atoms with Crippen LogP contribution in [0.5, 0.6) is 0 Å². The molecule has 0 bridgehead atoms. The van der Waals surface area contributed by atoms with E-state index in [0.717, 1.165) is 31.6 Å². The molecule has 2 aromatic heterocycles. The molecule has 0 unspecified atom stereocenters. The molecule has 0 saturated carbocycles. The number of imidazole rings is 1. The molecule has 0 saturated heterocycles. The topological polar surface area (TPSA) is 63.9 Å². The number of carbonyl (C=O) groups excluding carboxylic acids is 1. The Labute approximate surface area is 131 Å². The third kappa shape index (κ3) is 4.13. The highest BCUT2D eigenvalue weighted by Crippen LogP contribution is 2.05. The first-order valence-corrected chi connectivity index (χ1v) is 7.67. The Morgan fingerprint density at radius 2 is 2.14 bits per heavy atom. The number of hydrogen-bond donors (Lipinski definition) is 0. The van der Waals surface area contributed by atoms with Gasteiger partial charge in [0.05, 0.1) is 0 Å². The number of aromatic nitrogens is 4. The molecular formula is C16H23N5O. The summed E-state index contributed by atoms with van der Waals surface area (Å²) in [4.78, 5) is 26.5. The van der Waals surface area contributed by atoms with Gasteiger partial charge in [0.1, 0.15) is 17.3 Å². The second-order valence-electron chi connectivity index (χ2n) is 5.36. The van der Waals surface area contributed by atoms with E-state index >= 15 is 0 Å². The molecular weight excluding hydrogens is 278 g/mol. The van der Waals surface area contributed by atoms with E-state index in [-0.39, 0.29) is 5.91 Å². The number of rotatable bonds is 7. The van der Waals surface area contributed by atoms with Gasteiger partial charge in [-0.2, -0.15) is 0 Å². The van der Waals surface area contributed by atoms with E-state index in [0.29, 0.717) is 18.1 Å². The van der Waals surface area contributed by atoms with Crippen LogP contribution < -0.4 is 0 Å². The van der Waals surface area contributed by atoms with Crippen molar-refractivity contribution in [3.05, 3.63) is 42.0 Å². The Hall–Kier alpha value is -2.24. The molecule has 2 aromatic rings. The van der Waals surface area contributed by atoms with Crippen molar-refractivity contribution in [2.24, 2.45) is 0 Å². The molecule has 6 heteroatoms. The van der Waals surface area contributed by atoms with Gasteiger partial charge in [0.25, 0.3) is 5.91 Å². The van der Waals surface area contributed by atoms with Crippen molar-refractivity contribution in [1.29, 1.82) is 0 Å². The van der Waals surface area contributed by atoms with Crippen molar-refractivity contribution in [3.63, 3.8) is 0 Å². The van der Waals surface area contributed by atoms with Gasteiger partial charge in [-0.05, 0) is 25.8 Å². The molecule has 0 aliphatic rings. The van der Waals surface area contributed by atoms with E-state index in [9.17, 15) is 4.79 Å². The summed E-state index contributed by atoms with van der Waals surface area (Å²) in [5.41, 5.74) is 0.447. The zero-order valence-corrected chi connectivity index (χ0v) is 13.5. The van der Waals surface area contributed by atoms with Crippen molar-refractivity contribution < 1.29 is 4.79 Å². The molecule has 0 atom stereocenters. The van der Waals surface area contributed by atoms with Gasteiger partial charge >= 0.3 is 0 Å². The molecule has 118 valence electrons. The van der Waals surface area contributed by atoms with E-state index in [2.05, 4.69) is 26.4 Å². The summed E-state index contributed by atoms with van der Waals surface area (Å²) in [6, 6.07) is 1.65. The number of hydrogen-bond acceptors (Lipinski definition) is 4. The summed E-state index contributed by atoms with van der Waals surface area (Å²) < 4.78 is 2.18. The van der Waals surface area contributed by atoms with E-state index in [1.165, 1.54) is 0 Å². The van der Waals surface area contributed by atoms with Crippen molar-refractivity contribution in [2.45, 2.75) is 39.7 Å². The van der Waals surface area contributed by atoms with Gasteiger partial charge in [-0.3, -0.25) is 4.79 Å². The van der Waals surface area contributed by atoms with Crippen molar-refractivity contribution in [1.82, 2.24) is 24.4 Å². The molecule has 22 heavy (non-hydrogen) atoms. The normalized spacial score (nSPS) is 10.7. The minimum Gasteiger partial charge on any atom is -0.340 e. The van der Waals surface area contributed by atoms with E-state index in [4.69, 9.17) is 0 Å². The van der Waals surface area contributed by atoms with Crippen LogP contribution in [-0.2, 0) is 13.0 Å². The molecule has 2 heterocycles. The average Bonchev–Trinajstić information content (AvgIpc) is 2.94. The Morgan fingerprint density at radius 1 is 1.32 bits per heavy atom. The van der Waals surface area contributed by atoms with E-state index < -0.39 is 0 Å². The fraction of sp³-hybridized carbons (Fsp3) is 0.500. The monoisotopic (exact) mass is 301 g/mol. The molecule has 0 spiro atoms. The summed E-state index contributed by atoms with van der Waals surface area (Å²) in [7, 11) is 1.80. The van der Waals surface area contributed by atoms with Gasteiger partial charge in [0.2, 0.25) is 0 Å². The van der Waals surface area contributed by atoms with Crippen molar-refractivity contribution >= 4 is 5.91 Å². The number of nitrogens with zero attached hydrogens (tertiary/aromatic N) is 5. The van der Waals surface area contributed by atoms with Gasteiger partial charge in [-0.1, -0.05) is 6.92 Å². The van der Waals surface area contributed by atoms with Crippen LogP contribution >= 0.6 is 0 Å². The lowest BCUT2D eigenvalue weighted by atomic mass is 10.2. The predicted octanol–water partition coefficient (Wildman–Crippen LogP) is 2.10. The van der Waals surface area contributed by atoms with Crippen LogP contribution in [0.3, 0.4) is 0 Å². The second kappa shape index (κ2) is 7.68. The van der Waals surface area contributed by atoms with Crippen LogP contribution in [0.4, 0.5) is 0 Å². The average molecular weight is 301 g/mol.